The van der Waals surface area contributed by atoms with Crippen LogP contribution < -0.4 is 10.6 Å². The van der Waals surface area contributed by atoms with E-state index in [0.717, 1.165) is 56.3 Å². The SMILES string of the molecule is CC(C)(C)c1ccc(C(=O)N2C(=O)N[C@@H]3[C@H](CCCCC(=O)NCCCCCCN=[N+]=[N-])SC[C@@H]32)cc1. The first-order valence-corrected chi connectivity index (χ1v) is 14.4. The van der Waals surface area contributed by atoms with Gasteiger partial charge in [0.15, 0.2) is 0 Å². The van der Waals surface area contributed by atoms with E-state index in [-0.39, 0.29) is 40.6 Å². The summed E-state index contributed by atoms with van der Waals surface area (Å²) in [5.74, 6) is 0.581. The van der Waals surface area contributed by atoms with Crippen LogP contribution in [0.4, 0.5) is 4.79 Å². The van der Waals surface area contributed by atoms with Crippen LogP contribution in [0, 0.1) is 0 Å². The van der Waals surface area contributed by atoms with Crippen molar-refractivity contribution >= 4 is 29.6 Å². The fourth-order valence-electron chi connectivity index (χ4n) is 4.87. The summed E-state index contributed by atoms with van der Waals surface area (Å²) >= 11 is 1.81. The molecule has 2 aliphatic heterocycles. The average Bonchev–Trinajstić information content (AvgIpc) is 3.40. The molecular formula is C27H40N6O3S. The van der Waals surface area contributed by atoms with Crippen molar-refractivity contribution in [3.8, 4) is 0 Å². The Bertz CT molecular complexity index is 987. The largest absolute Gasteiger partial charge is 0.356 e. The maximum atomic E-state index is 13.2. The molecule has 2 aliphatic rings. The number of rotatable bonds is 13. The highest BCUT2D eigenvalue weighted by atomic mass is 32.2. The highest BCUT2D eigenvalue weighted by molar-refractivity contribution is 8.00. The molecule has 0 aliphatic carbocycles. The lowest BCUT2D eigenvalue weighted by Gasteiger charge is -2.22. The van der Waals surface area contributed by atoms with Crippen LogP contribution in [0.3, 0.4) is 0 Å². The van der Waals surface area contributed by atoms with E-state index in [1.807, 2.05) is 36.0 Å². The van der Waals surface area contributed by atoms with Gasteiger partial charge in [-0.3, -0.25) is 14.5 Å². The number of thioether (sulfide) groups is 1. The number of imide groups is 1. The molecule has 202 valence electrons. The second-order valence-corrected chi connectivity index (χ2v) is 12.2. The minimum absolute atomic E-state index is 0.00327. The van der Waals surface area contributed by atoms with Gasteiger partial charge in [0.05, 0.1) is 12.1 Å². The second kappa shape index (κ2) is 13.7. The van der Waals surface area contributed by atoms with E-state index in [0.29, 0.717) is 25.1 Å². The molecular weight excluding hydrogens is 488 g/mol. The summed E-state index contributed by atoms with van der Waals surface area (Å²) in [4.78, 5) is 42.1. The summed E-state index contributed by atoms with van der Waals surface area (Å²) in [7, 11) is 0. The lowest BCUT2D eigenvalue weighted by atomic mass is 9.86. The number of carbonyl (C=O) groups is 3. The Morgan fingerprint density at radius 3 is 2.57 bits per heavy atom. The van der Waals surface area contributed by atoms with Gasteiger partial charge in [0.25, 0.3) is 5.91 Å². The van der Waals surface area contributed by atoms with Gasteiger partial charge >= 0.3 is 6.03 Å². The van der Waals surface area contributed by atoms with Crippen LogP contribution in [0.5, 0.6) is 0 Å². The molecule has 3 atom stereocenters. The Morgan fingerprint density at radius 2 is 1.86 bits per heavy atom. The minimum Gasteiger partial charge on any atom is -0.356 e. The Morgan fingerprint density at radius 1 is 1.14 bits per heavy atom. The van der Waals surface area contributed by atoms with E-state index in [1.165, 1.54) is 4.90 Å². The van der Waals surface area contributed by atoms with Crippen molar-refractivity contribution in [1.82, 2.24) is 15.5 Å². The van der Waals surface area contributed by atoms with E-state index >= 15 is 0 Å². The number of carbonyl (C=O) groups excluding carboxylic acids is 3. The third-order valence-corrected chi connectivity index (χ3v) is 8.56. The van der Waals surface area contributed by atoms with Crippen molar-refractivity contribution in [2.75, 3.05) is 18.8 Å². The molecule has 3 rings (SSSR count). The van der Waals surface area contributed by atoms with Crippen LogP contribution in [0.1, 0.15) is 88.1 Å². The fourth-order valence-corrected chi connectivity index (χ4v) is 6.47. The van der Waals surface area contributed by atoms with Gasteiger partial charge in [-0.05, 0) is 54.3 Å². The van der Waals surface area contributed by atoms with Crippen molar-refractivity contribution < 1.29 is 14.4 Å². The molecule has 2 N–H and O–H groups in total. The van der Waals surface area contributed by atoms with Gasteiger partial charge in [0, 0.05) is 41.0 Å². The van der Waals surface area contributed by atoms with Crippen molar-refractivity contribution in [1.29, 1.82) is 0 Å². The smallest absolute Gasteiger partial charge is 0.325 e. The Hall–Kier alpha value is -2.71. The summed E-state index contributed by atoms with van der Waals surface area (Å²) in [6, 6.07) is 7.10. The van der Waals surface area contributed by atoms with E-state index in [2.05, 4.69) is 41.4 Å². The molecule has 2 fully saturated rings. The molecule has 0 radical (unpaired) electrons. The summed E-state index contributed by atoms with van der Waals surface area (Å²) in [6.45, 7) is 7.60. The monoisotopic (exact) mass is 528 g/mol. The maximum Gasteiger partial charge on any atom is 0.325 e. The highest BCUT2D eigenvalue weighted by Crippen LogP contribution is 2.37. The van der Waals surface area contributed by atoms with Crippen molar-refractivity contribution in [2.24, 2.45) is 5.11 Å². The molecule has 0 bridgehead atoms. The lowest BCUT2D eigenvalue weighted by Crippen LogP contribution is -2.41. The number of hydrogen-bond acceptors (Lipinski definition) is 5. The van der Waals surface area contributed by atoms with Gasteiger partial charge in [-0.15, -0.1) is 0 Å². The third-order valence-electron chi connectivity index (χ3n) is 7.07. The summed E-state index contributed by atoms with van der Waals surface area (Å²) < 4.78 is 0. The van der Waals surface area contributed by atoms with Gasteiger partial charge in [0.2, 0.25) is 5.91 Å². The molecule has 2 saturated heterocycles. The number of urea groups is 1. The molecule has 0 aromatic heterocycles. The van der Waals surface area contributed by atoms with Crippen LogP contribution in [-0.2, 0) is 10.2 Å². The number of amides is 4. The molecule has 37 heavy (non-hydrogen) atoms. The average molecular weight is 529 g/mol. The van der Waals surface area contributed by atoms with Gasteiger partial charge in [-0.1, -0.05) is 57.3 Å². The van der Waals surface area contributed by atoms with Crippen LogP contribution >= 0.6 is 11.8 Å². The number of nitrogens with one attached hydrogen (secondary N) is 2. The number of nitrogens with zero attached hydrogens (tertiary/aromatic N) is 4. The van der Waals surface area contributed by atoms with Crippen LogP contribution in [-0.4, -0.2) is 58.9 Å². The minimum atomic E-state index is -0.303. The van der Waals surface area contributed by atoms with Crippen molar-refractivity contribution in [3.05, 3.63) is 45.8 Å². The van der Waals surface area contributed by atoms with Crippen molar-refractivity contribution in [2.45, 2.75) is 94.9 Å². The standard InChI is InChI=1S/C27H40N6O3S/c1-27(2,3)20-14-12-19(13-15-20)25(35)33-21-18-37-22(24(21)31-26(33)36)10-6-7-11-23(34)29-16-8-4-5-9-17-30-32-28/h12-15,21-22,24H,4-11,16-18H2,1-3H3,(H,29,34)(H,31,36)/t21-,22-,24-/m0/s1. The summed E-state index contributed by atoms with van der Waals surface area (Å²) in [6.07, 6.45) is 6.95. The number of benzene rings is 1. The lowest BCUT2D eigenvalue weighted by molar-refractivity contribution is -0.121. The van der Waals surface area contributed by atoms with E-state index in [9.17, 15) is 14.4 Å². The zero-order valence-corrected chi connectivity index (χ0v) is 23.1. The van der Waals surface area contributed by atoms with E-state index in [1.54, 1.807) is 0 Å². The predicted molar refractivity (Wildman–Crippen MR) is 148 cm³/mol. The number of unbranched alkanes of at least 4 members (excludes halogenated alkanes) is 4. The van der Waals surface area contributed by atoms with Gasteiger partial charge in [-0.2, -0.15) is 11.8 Å². The van der Waals surface area contributed by atoms with Crippen LogP contribution in [0.15, 0.2) is 29.4 Å². The third kappa shape index (κ3) is 8.14. The number of azide groups is 1. The topological polar surface area (TPSA) is 127 Å². The Balaban J connectivity index is 1.36. The molecule has 2 heterocycles. The van der Waals surface area contributed by atoms with Crippen LogP contribution in [0.25, 0.3) is 10.4 Å². The first-order valence-electron chi connectivity index (χ1n) is 13.4. The molecule has 0 unspecified atom stereocenters. The predicted octanol–water partition coefficient (Wildman–Crippen LogP) is 5.55. The van der Waals surface area contributed by atoms with Crippen molar-refractivity contribution in [3.63, 3.8) is 0 Å². The highest BCUT2D eigenvalue weighted by Gasteiger charge is 2.50. The summed E-state index contributed by atoms with van der Waals surface area (Å²) in [5, 5.41) is 9.79. The zero-order chi connectivity index (χ0) is 26.8. The fraction of sp³-hybridized carbons (Fsp3) is 0.667. The molecule has 4 amide bonds. The Kier molecular flexibility index (Phi) is 10.7. The number of hydrogen-bond donors (Lipinski definition) is 2. The molecule has 1 aromatic rings. The molecule has 1 aromatic carbocycles. The Labute approximate surface area is 224 Å². The first kappa shape index (κ1) is 28.9. The summed E-state index contributed by atoms with van der Waals surface area (Å²) in [5.41, 5.74) is 9.93. The normalized spacial score (nSPS) is 20.8. The van der Waals surface area contributed by atoms with Gasteiger partial charge in [-0.25, -0.2) is 4.79 Å². The number of fused-ring (bicyclic) bond motifs is 1. The first-order chi connectivity index (χ1) is 17.7. The molecule has 0 saturated carbocycles. The molecule has 9 nitrogen and oxygen atoms in total. The zero-order valence-electron chi connectivity index (χ0n) is 22.2. The van der Waals surface area contributed by atoms with E-state index in [4.69, 9.17) is 5.53 Å². The van der Waals surface area contributed by atoms with E-state index < -0.39 is 0 Å². The van der Waals surface area contributed by atoms with Crippen LogP contribution in [0.2, 0.25) is 0 Å². The maximum absolute atomic E-state index is 13.2. The quantitative estimate of drug-likeness (QED) is 0.114. The molecule has 0 spiro atoms. The second-order valence-electron chi connectivity index (χ2n) is 10.9. The van der Waals surface area contributed by atoms with Gasteiger partial charge in [0.1, 0.15) is 0 Å². The van der Waals surface area contributed by atoms with Gasteiger partial charge < -0.3 is 10.6 Å². The molecule has 10 heteroatoms.